The van der Waals surface area contributed by atoms with E-state index in [4.69, 9.17) is 19.2 Å². The van der Waals surface area contributed by atoms with Crippen LogP contribution in [0.15, 0.2) is 60.7 Å². The number of hydrogen-bond donors (Lipinski definition) is 1. The second-order valence-electron chi connectivity index (χ2n) is 7.78. The van der Waals surface area contributed by atoms with E-state index in [9.17, 15) is 4.79 Å². The summed E-state index contributed by atoms with van der Waals surface area (Å²) in [5.41, 5.74) is 5.57. The van der Waals surface area contributed by atoms with Crippen LogP contribution in [0, 0.1) is 13.8 Å². The van der Waals surface area contributed by atoms with Gasteiger partial charge in [-0.3, -0.25) is 4.79 Å². The lowest BCUT2D eigenvalue weighted by atomic mass is 9.99. The molecule has 6 nitrogen and oxygen atoms in total. The van der Waals surface area contributed by atoms with Crippen LogP contribution >= 0.6 is 0 Å². The standard InChI is InChI=1S/C27H26N2O4/c1-16-12-17(2)26-21(13-16)22(15-24(28-26)18-6-8-19(31-3)9-7-18)27(30)29-23-11-10-20(32-4)14-25(23)33-5/h6-15H,1-5H3,(H,29,30). The van der Waals surface area contributed by atoms with Crippen LogP contribution < -0.4 is 19.5 Å². The van der Waals surface area contributed by atoms with Gasteiger partial charge in [0.1, 0.15) is 17.2 Å². The number of amides is 1. The molecule has 0 spiro atoms. The molecule has 0 aliphatic carbocycles. The first-order valence-electron chi connectivity index (χ1n) is 10.5. The molecule has 0 fully saturated rings. The van der Waals surface area contributed by atoms with Crippen LogP contribution in [0.5, 0.6) is 17.2 Å². The maximum Gasteiger partial charge on any atom is 0.256 e. The van der Waals surface area contributed by atoms with Crippen molar-refractivity contribution < 1.29 is 19.0 Å². The Kier molecular flexibility index (Phi) is 6.18. The lowest BCUT2D eigenvalue weighted by Gasteiger charge is -2.15. The van der Waals surface area contributed by atoms with Crippen LogP contribution in [0.4, 0.5) is 5.69 Å². The van der Waals surface area contributed by atoms with E-state index in [0.717, 1.165) is 33.3 Å². The Morgan fingerprint density at radius 1 is 0.818 bits per heavy atom. The van der Waals surface area contributed by atoms with Crippen molar-refractivity contribution in [3.05, 3.63) is 77.4 Å². The lowest BCUT2D eigenvalue weighted by molar-refractivity contribution is 0.102. The number of nitrogens with zero attached hydrogens (tertiary/aromatic N) is 1. The van der Waals surface area contributed by atoms with Gasteiger partial charge >= 0.3 is 0 Å². The number of nitrogens with one attached hydrogen (secondary N) is 1. The molecule has 0 unspecified atom stereocenters. The molecule has 6 heteroatoms. The van der Waals surface area contributed by atoms with E-state index in [1.165, 1.54) is 0 Å². The van der Waals surface area contributed by atoms with Crippen molar-refractivity contribution >= 4 is 22.5 Å². The average molecular weight is 443 g/mol. The average Bonchev–Trinajstić information content (AvgIpc) is 2.83. The molecular formula is C27H26N2O4. The van der Waals surface area contributed by atoms with Crippen LogP contribution in [-0.2, 0) is 0 Å². The Labute approximate surface area is 193 Å². The van der Waals surface area contributed by atoms with Gasteiger partial charge in [-0.1, -0.05) is 11.6 Å². The number of rotatable bonds is 6. The number of hydrogen-bond acceptors (Lipinski definition) is 5. The third-order valence-corrected chi connectivity index (χ3v) is 5.54. The normalized spacial score (nSPS) is 10.7. The van der Waals surface area contributed by atoms with Crippen LogP contribution in [-0.4, -0.2) is 32.2 Å². The quantitative estimate of drug-likeness (QED) is 0.409. The Hall–Kier alpha value is -4.06. The number of carbonyl (C=O) groups excluding carboxylic acids is 1. The van der Waals surface area contributed by atoms with Crippen molar-refractivity contribution in [3.63, 3.8) is 0 Å². The number of methoxy groups -OCH3 is 3. The third-order valence-electron chi connectivity index (χ3n) is 5.54. The predicted molar refractivity (Wildman–Crippen MR) is 131 cm³/mol. The van der Waals surface area contributed by atoms with Crippen molar-refractivity contribution in [2.24, 2.45) is 0 Å². The highest BCUT2D eigenvalue weighted by molar-refractivity contribution is 6.14. The van der Waals surface area contributed by atoms with E-state index in [-0.39, 0.29) is 5.91 Å². The molecule has 3 aromatic carbocycles. The van der Waals surface area contributed by atoms with Gasteiger partial charge in [-0.05, 0) is 67.9 Å². The number of carbonyl (C=O) groups is 1. The van der Waals surface area contributed by atoms with Crippen molar-refractivity contribution in [2.75, 3.05) is 26.6 Å². The van der Waals surface area contributed by atoms with Gasteiger partial charge in [0.05, 0.1) is 43.8 Å². The van der Waals surface area contributed by atoms with E-state index >= 15 is 0 Å². The van der Waals surface area contributed by atoms with E-state index in [2.05, 4.69) is 11.4 Å². The first-order valence-corrected chi connectivity index (χ1v) is 10.5. The summed E-state index contributed by atoms with van der Waals surface area (Å²) in [7, 11) is 4.77. The zero-order valence-corrected chi connectivity index (χ0v) is 19.4. The van der Waals surface area contributed by atoms with Gasteiger partial charge in [-0.15, -0.1) is 0 Å². The number of fused-ring (bicyclic) bond motifs is 1. The Morgan fingerprint density at radius 3 is 2.18 bits per heavy atom. The highest BCUT2D eigenvalue weighted by Crippen LogP contribution is 2.32. The number of aryl methyl sites for hydroxylation is 2. The van der Waals surface area contributed by atoms with Crippen molar-refractivity contribution in [3.8, 4) is 28.5 Å². The molecular weight excluding hydrogens is 416 g/mol. The topological polar surface area (TPSA) is 69.7 Å². The van der Waals surface area contributed by atoms with Gasteiger partial charge in [-0.25, -0.2) is 4.98 Å². The highest BCUT2D eigenvalue weighted by atomic mass is 16.5. The molecule has 0 saturated carbocycles. The molecule has 0 aliphatic heterocycles. The summed E-state index contributed by atoms with van der Waals surface area (Å²) in [4.78, 5) is 18.4. The summed E-state index contributed by atoms with van der Waals surface area (Å²) in [5.74, 6) is 1.68. The summed E-state index contributed by atoms with van der Waals surface area (Å²) in [5, 5.41) is 3.79. The van der Waals surface area contributed by atoms with Crippen molar-refractivity contribution in [1.29, 1.82) is 0 Å². The van der Waals surface area contributed by atoms with Crippen molar-refractivity contribution in [1.82, 2.24) is 4.98 Å². The van der Waals surface area contributed by atoms with Crippen molar-refractivity contribution in [2.45, 2.75) is 13.8 Å². The van der Waals surface area contributed by atoms with Crippen LogP contribution in [0.2, 0.25) is 0 Å². The minimum Gasteiger partial charge on any atom is -0.497 e. The molecule has 1 amide bonds. The minimum atomic E-state index is -0.245. The molecule has 0 atom stereocenters. The highest BCUT2D eigenvalue weighted by Gasteiger charge is 2.18. The molecule has 33 heavy (non-hydrogen) atoms. The van der Waals surface area contributed by atoms with Gasteiger partial charge < -0.3 is 19.5 Å². The summed E-state index contributed by atoms with van der Waals surface area (Å²) in [6, 6.07) is 18.8. The van der Waals surface area contributed by atoms with E-state index in [0.29, 0.717) is 28.4 Å². The monoisotopic (exact) mass is 442 g/mol. The third kappa shape index (κ3) is 4.46. The predicted octanol–water partition coefficient (Wildman–Crippen LogP) is 5.80. The van der Waals surface area contributed by atoms with Gasteiger partial charge in [-0.2, -0.15) is 0 Å². The Morgan fingerprint density at radius 2 is 1.52 bits per heavy atom. The second-order valence-corrected chi connectivity index (χ2v) is 7.78. The van der Waals surface area contributed by atoms with E-state index < -0.39 is 0 Å². The molecule has 4 rings (SSSR count). The van der Waals surface area contributed by atoms with Gasteiger partial charge in [0, 0.05) is 17.0 Å². The fraction of sp³-hybridized carbons (Fsp3) is 0.185. The number of anilines is 1. The Bertz CT molecular complexity index is 1330. The number of pyridine rings is 1. The first-order chi connectivity index (χ1) is 15.9. The molecule has 0 bridgehead atoms. The second kappa shape index (κ2) is 9.20. The van der Waals surface area contributed by atoms with E-state index in [1.807, 2.05) is 50.2 Å². The molecule has 1 N–H and O–H groups in total. The van der Waals surface area contributed by atoms with Crippen LogP contribution in [0.1, 0.15) is 21.5 Å². The smallest absolute Gasteiger partial charge is 0.256 e. The fourth-order valence-corrected chi connectivity index (χ4v) is 3.87. The summed E-state index contributed by atoms with van der Waals surface area (Å²) >= 11 is 0. The van der Waals surface area contributed by atoms with Crippen LogP contribution in [0.25, 0.3) is 22.2 Å². The number of benzene rings is 3. The number of ether oxygens (including phenoxy) is 3. The zero-order chi connectivity index (χ0) is 23.5. The molecule has 4 aromatic rings. The van der Waals surface area contributed by atoms with Gasteiger partial charge in [0.25, 0.3) is 5.91 Å². The summed E-state index contributed by atoms with van der Waals surface area (Å²) < 4.78 is 16.0. The van der Waals surface area contributed by atoms with Crippen LogP contribution in [0.3, 0.4) is 0 Å². The fourth-order valence-electron chi connectivity index (χ4n) is 3.87. The number of aromatic nitrogens is 1. The maximum atomic E-state index is 13.5. The first kappa shape index (κ1) is 22.1. The largest absolute Gasteiger partial charge is 0.497 e. The molecule has 0 saturated heterocycles. The summed E-state index contributed by atoms with van der Waals surface area (Å²) in [6.07, 6.45) is 0. The molecule has 1 aromatic heterocycles. The molecule has 0 radical (unpaired) electrons. The lowest BCUT2D eigenvalue weighted by Crippen LogP contribution is -2.14. The summed E-state index contributed by atoms with van der Waals surface area (Å²) in [6.45, 7) is 4.02. The Balaban J connectivity index is 1.83. The van der Waals surface area contributed by atoms with E-state index in [1.54, 1.807) is 39.5 Å². The maximum absolute atomic E-state index is 13.5. The molecule has 0 aliphatic rings. The SMILES string of the molecule is COc1ccc(-c2cc(C(=O)Nc3ccc(OC)cc3OC)c3cc(C)cc(C)c3n2)cc1. The van der Waals surface area contributed by atoms with Gasteiger partial charge in [0.15, 0.2) is 0 Å². The molecule has 1 heterocycles. The van der Waals surface area contributed by atoms with Gasteiger partial charge in [0.2, 0.25) is 0 Å². The molecule has 168 valence electrons. The minimum absolute atomic E-state index is 0.245. The zero-order valence-electron chi connectivity index (χ0n) is 19.4.